The van der Waals surface area contributed by atoms with Crippen LogP contribution in [-0.4, -0.2) is 40.0 Å². The van der Waals surface area contributed by atoms with Crippen LogP contribution in [0.15, 0.2) is 35.7 Å². The van der Waals surface area contributed by atoms with Crippen LogP contribution in [0.1, 0.15) is 36.5 Å². The van der Waals surface area contributed by atoms with Crippen molar-refractivity contribution in [2.75, 3.05) is 13.1 Å². The molecule has 5 nitrogen and oxygen atoms in total. The number of carbonyl (C=O) groups is 2. The quantitative estimate of drug-likeness (QED) is 0.745. The Labute approximate surface area is 152 Å². The van der Waals surface area contributed by atoms with Gasteiger partial charge in [-0.3, -0.25) is 9.59 Å². The van der Waals surface area contributed by atoms with Crippen molar-refractivity contribution < 1.29 is 14.7 Å². The Morgan fingerprint density at radius 2 is 1.96 bits per heavy atom. The lowest BCUT2D eigenvalue weighted by Crippen LogP contribution is -2.37. The van der Waals surface area contributed by atoms with Gasteiger partial charge < -0.3 is 10.0 Å². The summed E-state index contributed by atoms with van der Waals surface area (Å²) in [6.45, 7) is 4.84. The highest BCUT2D eigenvalue weighted by Gasteiger charge is 2.18. The molecule has 134 valence electrons. The van der Waals surface area contributed by atoms with E-state index < -0.39 is 5.97 Å². The molecule has 0 spiro atoms. The molecule has 1 aromatic carbocycles. The Hall–Kier alpha value is -2.21. The number of hydrogen-bond donors (Lipinski definition) is 1. The van der Waals surface area contributed by atoms with Crippen LogP contribution in [0.2, 0.25) is 0 Å². The van der Waals surface area contributed by atoms with E-state index in [1.54, 1.807) is 16.2 Å². The van der Waals surface area contributed by atoms with Gasteiger partial charge in [-0.2, -0.15) is 0 Å². The maximum absolute atomic E-state index is 12.5. The number of aliphatic carboxylic acids is 1. The second-order valence-corrected chi connectivity index (χ2v) is 7.39. The molecule has 0 aliphatic heterocycles. The second kappa shape index (κ2) is 9.32. The number of carboxylic acids is 1. The molecule has 0 fully saturated rings. The largest absolute Gasteiger partial charge is 0.481 e. The lowest BCUT2D eigenvalue weighted by molar-refractivity contribution is -0.138. The summed E-state index contributed by atoms with van der Waals surface area (Å²) >= 11 is 1.55. The summed E-state index contributed by atoms with van der Waals surface area (Å²) in [5, 5.41) is 11.8. The molecule has 0 unspecified atom stereocenters. The monoisotopic (exact) mass is 360 g/mol. The third-order valence-corrected chi connectivity index (χ3v) is 4.56. The molecule has 0 saturated heterocycles. The number of carboxylic acid groups (broad SMARTS) is 1. The molecule has 2 rings (SSSR count). The van der Waals surface area contributed by atoms with E-state index in [0.717, 1.165) is 17.1 Å². The predicted octanol–water partition coefficient (Wildman–Crippen LogP) is 3.24. The van der Waals surface area contributed by atoms with Gasteiger partial charge in [0.05, 0.1) is 23.5 Å². The number of hydrogen-bond acceptors (Lipinski definition) is 4. The van der Waals surface area contributed by atoms with Crippen molar-refractivity contribution >= 4 is 23.2 Å². The number of carbonyl (C=O) groups excluding carboxylic acids is 1. The van der Waals surface area contributed by atoms with E-state index >= 15 is 0 Å². The zero-order chi connectivity index (χ0) is 18.2. The van der Waals surface area contributed by atoms with Gasteiger partial charge in [0, 0.05) is 24.9 Å². The highest BCUT2D eigenvalue weighted by Crippen LogP contribution is 2.16. The third-order valence-electron chi connectivity index (χ3n) is 3.66. The SMILES string of the molecule is CC(C)CN(CCC(=O)O)C(=O)Cc1csc(Cc2ccccc2)n1. The second-order valence-electron chi connectivity index (χ2n) is 6.45. The van der Waals surface area contributed by atoms with Crippen LogP contribution < -0.4 is 0 Å². The topological polar surface area (TPSA) is 70.5 Å². The summed E-state index contributed by atoms with van der Waals surface area (Å²) in [6.07, 6.45) is 0.945. The minimum atomic E-state index is -0.889. The molecule has 1 N–H and O–H groups in total. The number of nitrogens with zero attached hydrogens (tertiary/aromatic N) is 2. The summed E-state index contributed by atoms with van der Waals surface area (Å²) in [7, 11) is 0. The molecule has 0 atom stereocenters. The summed E-state index contributed by atoms with van der Waals surface area (Å²) in [6, 6.07) is 10.1. The van der Waals surface area contributed by atoms with Gasteiger partial charge in [0.15, 0.2) is 0 Å². The van der Waals surface area contributed by atoms with Gasteiger partial charge in [-0.1, -0.05) is 44.2 Å². The van der Waals surface area contributed by atoms with Crippen LogP contribution in [-0.2, 0) is 22.4 Å². The van der Waals surface area contributed by atoms with Crippen LogP contribution in [0.4, 0.5) is 0 Å². The van der Waals surface area contributed by atoms with Crippen LogP contribution in [0, 0.1) is 5.92 Å². The first-order valence-electron chi connectivity index (χ1n) is 8.41. The molecule has 0 radical (unpaired) electrons. The van der Waals surface area contributed by atoms with Gasteiger partial charge in [0.25, 0.3) is 0 Å². The molecule has 0 aliphatic carbocycles. The highest BCUT2D eigenvalue weighted by atomic mass is 32.1. The van der Waals surface area contributed by atoms with Crippen LogP contribution in [0.3, 0.4) is 0 Å². The van der Waals surface area contributed by atoms with Gasteiger partial charge in [-0.25, -0.2) is 4.98 Å². The van der Waals surface area contributed by atoms with Crippen molar-refractivity contribution in [1.82, 2.24) is 9.88 Å². The maximum atomic E-state index is 12.5. The average molecular weight is 360 g/mol. The molecule has 1 heterocycles. The molecule has 1 aromatic heterocycles. The zero-order valence-corrected chi connectivity index (χ0v) is 15.5. The molecule has 0 aliphatic rings. The first kappa shape index (κ1) is 19.1. The molecule has 2 aromatic rings. The minimum Gasteiger partial charge on any atom is -0.481 e. The Bertz CT molecular complexity index is 698. The summed E-state index contributed by atoms with van der Waals surface area (Å²) in [4.78, 5) is 29.5. The summed E-state index contributed by atoms with van der Waals surface area (Å²) in [5.41, 5.74) is 1.95. The first-order valence-corrected chi connectivity index (χ1v) is 9.28. The normalized spacial score (nSPS) is 10.8. The smallest absolute Gasteiger partial charge is 0.305 e. The Morgan fingerprint density at radius 1 is 1.24 bits per heavy atom. The average Bonchev–Trinajstić information content (AvgIpc) is 2.98. The molecular formula is C19H24N2O3S. The van der Waals surface area contributed by atoms with Gasteiger partial charge in [0.1, 0.15) is 0 Å². The fourth-order valence-corrected chi connectivity index (χ4v) is 3.37. The van der Waals surface area contributed by atoms with E-state index in [-0.39, 0.29) is 25.3 Å². The van der Waals surface area contributed by atoms with E-state index in [1.807, 2.05) is 37.4 Å². The van der Waals surface area contributed by atoms with Gasteiger partial charge in [0.2, 0.25) is 5.91 Å². The lowest BCUT2D eigenvalue weighted by Gasteiger charge is -2.23. The van der Waals surface area contributed by atoms with E-state index in [4.69, 9.17) is 5.11 Å². The van der Waals surface area contributed by atoms with Crippen LogP contribution in [0.5, 0.6) is 0 Å². The molecule has 25 heavy (non-hydrogen) atoms. The minimum absolute atomic E-state index is 0.0330. The Balaban J connectivity index is 1.96. The molecule has 0 saturated carbocycles. The van der Waals surface area contributed by atoms with Crippen molar-refractivity contribution in [2.45, 2.75) is 33.1 Å². The fraction of sp³-hybridized carbons (Fsp3) is 0.421. The summed E-state index contributed by atoms with van der Waals surface area (Å²) < 4.78 is 0. The molecule has 0 bridgehead atoms. The number of amides is 1. The number of aromatic nitrogens is 1. The van der Waals surface area contributed by atoms with Crippen LogP contribution in [0.25, 0.3) is 0 Å². The van der Waals surface area contributed by atoms with Gasteiger partial charge in [-0.05, 0) is 11.5 Å². The van der Waals surface area contributed by atoms with Crippen molar-refractivity contribution in [2.24, 2.45) is 5.92 Å². The highest BCUT2D eigenvalue weighted by molar-refractivity contribution is 7.09. The number of benzene rings is 1. The van der Waals surface area contributed by atoms with Crippen LogP contribution >= 0.6 is 11.3 Å². The zero-order valence-electron chi connectivity index (χ0n) is 14.6. The molecular weight excluding hydrogens is 336 g/mol. The fourth-order valence-electron chi connectivity index (χ4n) is 2.54. The number of thiazole rings is 1. The standard InChI is InChI=1S/C19H24N2O3S/c1-14(2)12-21(9-8-19(23)24)18(22)11-16-13-25-17(20-16)10-15-6-4-3-5-7-15/h3-7,13-14H,8-12H2,1-2H3,(H,23,24). The maximum Gasteiger partial charge on any atom is 0.305 e. The van der Waals surface area contributed by atoms with E-state index in [0.29, 0.717) is 12.5 Å². The van der Waals surface area contributed by atoms with Gasteiger partial charge in [-0.15, -0.1) is 11.3 Å². The van der Waals surface area contributed by atoms with Crippen molar-refractivity contribution in [3.63, 3.8) is 0 Å². The summed E-state index contributed by atoms with van der Waals surface area (Å²) in [5.74, 6) is -0.659. The Morgan fingerprint density at radius 3 is 2.60 bits per heavy atom. The third kappa shape index (κ3) is 6.66. The van der Waals surface area contributed by atoms with Crippen molar-refractivity contribution in [3.8, 4) is 0 Å². The number of rotatable bonds is 9. The molecule has 6 heteroatoms. The van der Waals surface area contributed by atoms with E-state index in [1.165, 1.54) is 5.56 Å². The first-order chi connectivity index (χ1) is 11.9. The Kier molecular flexibility index (Phi) is 7.13. The molecule has 1 amide bonds. The van der Waals surface area contributed by atoms with Crippen molar-refractivity contribution in [1.29, 1.82) is 0 Å². The van der Waals surface area contributed by atoms with Gasteiger partial charge >= 0.3 is 5.97 Å². The van der Waals surface area contributed by atoms with E-state index in [2.05, 4.69) is 17.1 Å². The van der Waals surface area contributed by atoms with Crippen molar-refractivity contribution in [3.05, 3.63) is 52.0 Å². The van der Waals surface area contributed by atoms with E-state index in [9.17, 15) is 9.59 Å². The lowest BCUT2D eigenvalue weighted by atomic mass is 10.1. The predicted molar refractivity (Wildman–Crippen MR) is 98.7 cm³/mol.